The molecule has 3 nitrogen and oxygen atoms in total. The molecule has 1 heterocycles. The molecule has 18 heavy (non-hydrogen) atoms. The molecule has 1 aromatic carbocycles. The van der Waals surface area contributed by atoms with Gasteiger partial charge in [0, 0.05) is 25.6 Å². The molecule has 0 bridgehead atoms. The van der Waals surface area contributed by atoms with E-state index in [1.165, 1.54) is 19.3 Å². The molecule has 0 amide bonds. The van der Waals surface area contributed by atoms with E-state index in [9.17, 15) is 0 Å². The maximum atomic E-state index is 6.08. The topological polar surface area (TPSA) is 30.5 Å². The quantitative estimate of drug-likeness (QED) is 0.889. The molecule has 0 aromatic heterocycles. The van der Waals surface area contributed by atoms with Gasteiger partial charge in [-0.25, -0.2) is 0 Å². The predicted octanol–water partition coefficient (Wildman–Crippen LogP) is 3.21. The predicted molar refractivity (Wildman–Crippen MR) is 72.2 cm³/mol. The summed E-state index contributed by atoms with van der Waals surface area (Å²) in [7, 11) is 1.93. The molecule has 1 unspecified atom stereocenters. The van der Waals surface area contributed by atoms with Gasteiger partial charge in [-0.2, -0.15) is 0 Å². The lowest BCUT2D eigenvalue weighted by molar-refractivity contribution is -0.153. The number of anilines is 1. The fourth-order valence-corrected chi connectivity index (χ4v) is 2.90. The maximum Gasteiger partial charge on any atom is 0.119 e. The van der Waals surface area contributed by atoms with Crippen molar-refractivity contribution in [3.05, 3.63) is 24.3 Å². The second-order valence-electron chi connectivity index (χ2n) is 5.39. The van der Waals surface area contributed by atoms with E-state index in [4.69, 9.17) is 9.47 Å². The van der Waals surface area contributed by atoms with E-state index in [1.807, 2.05) is 31.3 Å². The summed E-state index contributed by atoms with van der Waals surface area (Å²) in [6, 6.07) is 8.17. The maximum absolute atomic E-state index is 6.08. The van der Waals surface area contributed by atoms with Crippen molar-refractivity contribution in [1.82, 2.24) is 0 Å². The first-order valence-corrected chi connectivity index (χ1v) is 6.88. The molecule has 1 aromatic rings. The van der Waals surface area contributed by atoms with E-state index in [2.05, 4.69) is 5.32 Å². The van der Waals surface area contributed by atoms with Gasteiger partial charge < -0.3 is 14.8 Å². The van der Waals surface area contributed by atoms with Crippen molar-refractivity contribution in [3.8, 4) is 5.75 Å². The minimum absolute atomic E-state index is 0.161. The highest BCUT2D eigenvalue weighted by Crippen LogP contribution is 2.43. The van der Waals surface area contributed by atoms with Crippen LogP contribution in [0.1, 0.15) is 32.1 Å². The molecule has 1 saturated heterocycles. The van der Waals surface area contributed by atoms with Crippen LogP contribution in [0.3, 0.4) is 0 Å². The van der Waals surface area contributed by atoms with Gasteiger partial charge in [0.2, 0.25) is 0 Å². The second-order valence-corrected chi connectivity index (χ2v) is 5.39. The first-order chi connectivity index (χ1) is 8.80. The highest BCUT2D eigenvalue weighted by molar-refractivity contribution is 5.45. The molecule has 1 N–H and O–H groups in total. The van der Waals surface area contributed by atoms with Gasteiger partial charge in [-0.05, 0) is 43.5 Å². The standard InChI is InChI=1S/C15H21NO2/c1-16-12-3-5-13(6-4-12)18-14-7-10-17-15(11-14)8-2-9-15/h3-6,14,16H,2,7-11H2,1H3. The van der Waals surface area contributed by atoms with Crippen molar-refractivity contribution in [2.45, 2.75) is 43.8 Å². The number of hydrogen-bond acceptors (Lipinski definition) is 3. The van der Waals surface area contributed by atoms with E-state index < -0.39 is 0 Å². The third-order valence-corrected chi connectivity index (χ3v) is 4.16. The van der Waals surface area contributed by atoms with Crippen molar-refractivity contribution in [2.24, 2.45) is 0 Å². The Morgan fingerprint density at radius 2 is 2.06 bits per heavy atom. The number of rotatable bonds is 3. The van der Waals surface area contributed by atoms with Crippen LogP contribution in [0.25, 0.3) is 0 Å². The zero-order chi connectivity index (χ0) is 12.4. The Bertz CT molecular complexity index is 397. The molecule has 3 rings (SSSR count). The number of hydrogen-bond donors (Lipinski definition) is 1. The van der Waals surface area contributed by atoms with Crippen molar-refractivity contribution in [2.75, 3.05) is 19.0 Å². The summed E-state index contributed by atoms with van der Waals surface area (Å²) in [5, 5.41) is 3.11. The Morgan fingerprint density at radius 3 is 2.67 bits per heavy atom. The SMILES string of the molecule is CNc1ccc(OC2CCOC3(CCC3)C2)cc1. The number of nitrogens with one attached hydrogen (secondary N) is 1. The van der Waals surface area contributed by atoms with Gasteiger partial charge in [0.25, 0.3) is 0 Å². The van der Waals surface area contributed by atoms with Crippen LogP contribution in [0.4, 0.5) is 5.69 Å². The highest BCUT2D eigenvalue weighted by Gasteiger charge is 2.43. The number of benzene rings is 1. The molecule has 1 atom stereocenters. The average molecular weight is 247 g/mol. The average Bonchev–Trinajstić information content (AvgIpc) is 2.38. The molecule has 2 fully saturated rings. The molecular weight excluding hydrogens is 226 g/mol. The van der Waals surface area contributed by atoms with Crippen LogP contribution >= 0.6 is 0 Å². The van der Waals surface area contributed by atoms with Gasteiger partial charge in [0.1, 0.15) is 11.9 Å². The molecule has 3 heteroatoms. The van der Waals surface area contributed by atoms with Gasteiger partial charge >= 0.3 is 0 Å². The van der Waals surface area contributed by atoms with Gasteiger partial charge in [-0.15, -0.1) is 0 Å². The molecule has 1 spiro atoms. The molecule has 1 aliphatic carbocycles. The number of ether oxygens (including phenoxy) is 2. The zero-order valence-electron chi connectivity index (χ0n) is 10.9. The Hall–Kier alpha value is -1.22. The summed E-state index contributed by atoms with van der Waals surface area (Å²) in [4.78, 5) is 0. The largest absolute Gasteiger partial charge is 0.490 e. The minimum Gasteiger partial charge on any atom is -0.490 e. The van der Waals surface area contributed by atoms with Crippen molar-refractivity contribution < 1.29 is 9.47 Å². The molecule has 98 valence electrons. The molecule has 0 radical (unpaired) electrons. The normalized spacial score (nSPS) is 25.5. The van der Waals surface area contributed by atoms with Crippen LogP contribution in [0.5, 0.6) is 5.75 Å². The van der Waals surface area contributed by atoms with Gasteiger partial charge in [0.05, 0.1) is 12.2 Å². The molecule has 2 aliphatic rings. The van der Waals surface area contributed by atoms with Gasteiger partial charge in [0.15, 0.2) is 0 Å². The van der Waals surface area contributed by atoms with Crippen molar-refractivity contribution in [1.29, 1.82) is 0 Å². The van der Waals surface area contributed by atoms with E-state index in [0.717, 1.165) is 30.9 Å². The monoisotopic (exact) mass is 247 g/mol. The molecular formula is C15H21NO2. The third-order valence-electron chi connectivity index (χ3n) is 4.16. The Balaban J connectivity index is 1.61. The first-order valence-electron chi connectivity index (χ1n) is 6.88. The summed E-state index contributed by atoms with van der Waals surface area (Å²) >= 11 is 0. The van der Waals surface area contributed by atoms with Crippen LogP contribution in [0.2, 0.25) is 0 Å². The second kappa shape index (κ2) is 4.81. The van der Waals surface area contributed by atoms with E-state index in [-0.39, 0.29) is 5.60 Å². The summed E-state index contributed by atoms with van der Waals surface area (Å²) < 4.78 is 12.0. The van der Waals surface area contributed by atoms with Crippen LogP contribution in [-0.2, 0) is 4.74 Å². The Kier molecular flexibility index (Phi) is 3.16. The van der Waals surface area contributed by atoms with Crippen LogP contribution < -0.4 is 10.1 Å². The fraction of sp³-hybridized carbons (Fsp3) is 0.600. The van der Waals surface area contributed by atoms with E-state index in [0.29, 0.717) is 6.10 Å². The van der Waals surface area contributed by atoms with Crippen LogP contribution in [0, 0.1) is 0 Å². The van der Waals surface area contributed by atoms with Crippen LogP contribution in [-0.4, -0.2) is 25.4 Å². The van der Waals surface area contributed by atoms with Gasteiger partial charge in [-0.3, -0.25) is 0 Å². The summed E-state index contributed by atoms with van der Waals surface area (Å²) in [5.41, 5.74) is 1.28. The van der Waals surface area contributed by atoms with E-state index in [1.54, 1.807) is 0 Å². The fourth-order valence-electron chi connectivity index (χ4n) is 2.90. The summed E-state index contributed by atoms with van der Waals surface area (Å²) in [6.07, 6.45) is 6.12. The lowest BCUT2D eigenvalue weighted by atomic mass is 9.74. The Labute approximate surface area is 108 Å². The Morgan fingerprint density at radius 1 is 1.28 bits per heavy atom. The smallest absolute Gasteiger partial charge is 0.119 e. The first kappa shape index (κ1) is 11.8. The highest BCUT2D eigenvalue weighted by atomic mass is 16.5. The third kappa shape index (κ3) is 2.32. The van der Waals surface area contributed by atoms with Crippen molar-refractivity contribution >= 4 is 5.69 Å². The zero-order valence-corrected chi connectivity index (χ0v) is 10.9. The van der Waals surface area contributed by atoms with Gasteiger partial charge in [-0.1, -0.05) is 0 Å². The lowest BCUT2D eigenvalue weighted by Gasteiger charge is -2.46. The molecule has 1 aliphatic heterocycles. The van der Waals surface area contributed by atoms with Crippen molar-refractivity contribution in [3.63, 3.8) is 0 Å². The summed E-state index contributed by atoms with van der Waals surface area (Å²) in [6.45, 7) is 0.846. The minimum atomic E-state index is 0.161. The van der Waals surface area contributed by atoms with E-state index >= 15 is 0 Å². The van der Waals surface area contributed by atoms with Crippen LogP contribution in [0.15, 0.2) is 24.3 Å². The lowest BCUT2D eigenvalue weighted by Crippen LogP contribution is -2.48. The molecule has 1 saturated carbocycles. The summed E-state index contributed by atoms with van der Waals surface area (Å²) in [5.74, 6) is 0.968.